The predicted octanol–water partition coefficient (Wildman–Crippen LogP) is 2.02. The molecular formula is C20H31ClN4O3. The first-order valence-corrected chi connectivity index (χ1v) is 9.41. The molecular weight excluding hydrogens is 380 g/mol. The van der Waals surface area contributed by atoms with E-state index < -0.39 is 5.41 Å². The molecule has 0 aromatic heterocycles. The lowest BCUT2D eigenvalue weighted by molar-refractivity contribution is -0.142. The van der Waals surface area contributed by atoms with Crippen LogP contribution in [-0.2, 0) is 9.59 Å². The molecule has 1 atom stereocenters. The molecule has 8 heteroatoms. The maximum atomic E-state index is 12.8. The summed E-state index contributed by atoms with van der Waals surface area (Å²) in [7, 11) is 0. The van der Waals surface area contributed by atoms with Gasteiger partial charge in [-0.2, -0.15) is 0 Å². The number of anilines is 1. The lowest BCUT2D eigenvalue weighted by Gasteiger charge is -2.36. The molecule has 1 unspecified atom stereocenters. The topological polar surface area (TPSA) is 105 Å². The van der Waals surface area contributed by atoms with Gasteiger partial charge in [0.2, 0.25) is 11.8 Å². The van der Waals surface area contributed by atoms with Crippen LogP contribution in [-0.4, -0.2) is 48.8 Å². The lowest BCUT2D eigenvalue weighted by Crippen LogP contribution is -2.47. The molecule has 2 rings (SSSR count). The van der Waals surface area contributed by atoms with E-state index in [4.69, 9.17) is 5.73 Å². The van der Waals surface area contributed by atoms with Crippen LogP contribution in [0.15, 0.2) is 24.3 Å². The Morgan fingerprint density at radius 2 is 1.89 bits per heavy atom. The summed E-state index contributed by atoms with van der Waals surface area (Å²) in [6.45, 7) is 7.45. The molecule has 1 saturated heterocycles. The van der Waals surface area contributed by atoms with E-state index in [0.29, 0.717) is 37.4 Å². The lowest BCUT2D eigenvalue weighted by atomic mass is 9.91. The normalized spacial score (nSPS) is 16.7. The Bertz CT molecular complexity index is 703. The van der Waals surface area contributed by atoms with Crippen LogP contribution >= 0.6 is 12.4 Å². The zero-order valence-electron chi connectivity index (χ0n) is 16.8. The van der Waals surface area contributed by atoms with Crippen LogP contribution in [0.4, 0.5) is 5.69 Å². The number of nitrogens with zero attached hydrogens (tertiary/aromatic N) is 1. The van der Waals surface area contributed by atoms with Crippen molar-refractivity contribution in [2.45, 2.75) is 33.6 Å². The quantitative estimate of drug-likeness (QED) is 0.690. The molecule has 0 saturated carbocycles. The smallest absolute Gasteiger partial charge is 0.253 e. The van der Waals surface area contributed by atoms with Crippen LogP contribution in [0.25, 0.3) is 0 Å². The van der Waals surface area contributed by atoms with Gasteiger partial charge in [-0.15, -0.1) is 12.4 Å². The molecule has 1 heterocycles. The summed E-state index contributed by atoms with van der Waals surface area (Å²) in [5, 5.41) is 5.58. The summed E-state index contributed by atoms with van der Waals surface area (Å²) in [5.74, 6) is -0.670. The van der Waals surface area contributed by atoms with Crippen LogP contribution in [0.1, 0.15) is 44.0 Å². The maximum Gasteiger partial charge on any atom is 0.253 e. The number of hydrogen-bond donors (Lipinski definition) is 3. The van der Waals surface area contributed by atoms with Gasteiger partial charge in [-0.05, 0) is 25.0 Å². The number of nitrogens with one attached hydrogen (secondary N) is 2. The number of halogens is 1. The summed E-state index contributed by atoms with van der Waals surface area (Å²) in [6, 6.07) is 6.89. The minimum atomic E-state index is -0.466. The summed E-state index contributed by atoms with van der Waals surface area (Å²) in [4.78, 5) is 39.3. The van der Waals surface area contributed by atoms with Crippen molar-refractivity contribution in [2.75, 3.05) is 31.5 Å². The molecule has 0 aliphatic carbocycles. The molecule has 3 amide bonds. The van der Waals surface area contributed by atoms with Gasteiger partial charge in [-0.25, -0.2) is 0 Å². The number of likely N-dealkylation sites (tertiary alicyclic amines) is 1. The number of piperidine rings is 1. The highest BCUT2D eigenvalue weighted by Crippen LogP contribution is 2.25. The number of nitrogens with two attached hydrogens (primary N) is 1. The average molecular weight is 411 g/mol. The average Bonchev–Trinajstić information content (AvgIpc) is 2.65. The van der Waals surface area contributed by atoms with E-state index in [1.807, 2.05) is 20.8 Å². The van der Waals surface area contributed by atoms with Crippen molar-refractivity contribution in [3.05, 3.63) is 29.8 Å². The van der Waals surface area contributed by atoms with Gasteiger partial charge in [0.05, 0.1) is 17.2 Å². The maximum absolute atomic E-state index is 12.8. The molecule has 4 N–H and O–H groups in total. The van der Waals surface area contributed by atoms with Gasteiger partial charge < -0.3 is 21.3 Å². The number of para-hydroxylation sites is 1. The van der Waals surface area contributed by atoms with Gasteiger partial charge in [-0.1, -0.05) is 32.9 Å². The molecule has 1 aliphatic heterocycles. The van der Waals surface area contributed by atoms with Gasteiger partial charge in [0.25, 0.3) is 5.91 Å². The van der Waals surface area contributed by atoms with Crippen LogP contribution in [0.2, 0.25) is 0 Å². The van der Waals surface area contributed by atoms with Crippen LogP contribution in [0.5, 0.6) is 0 Å². The van der Waals surface area contributed by atoms with Crippen molar-refractivity contribution in [1.29, 1.82) is 0 Å². The molecule has 1 aliphatic rings. The molecule has 0 spiro atoms. The van der Waals surface area contributed by atoms with E-state index in [1.165, 1.54) is 0 Å². The summed E-state index contributed by atoms with van der Waals surface area (Å²) in [6.07, 6.45) is 1.51. The van der Waals surface area contributed by atoms with Crippen molar-refractivity contribution < 1.29 is 14.4 Å². The highest BCUT2D eigenvalue weighted by Gasteiger charge is 2.33. The first-order chi connectivity index (χ1) is 12.7. The molecule has 0 radical (unpaired) electrons. The number of hydrogen-bond acceptors (Lipinski definition) is 4. The Hall–Kier alpha value is -2.12. The number of benzene rings is 1. The molecule has 0 bridgehead atoms. The fourth-order valence-corrected chi connectivity index (χ4v) is 3.16. The largest absolute Gasteiger partial charge is 0.351 e. The third-order valence-electron chi connectivity index (χ3n) is 4.58. The number of amides is 3. The molecule has 28 heavy (non-hydrogen) atoms. The van der Waals surface area contributed by atoms with Gasteiger partial charge in [0.1, 0.15) is 0 Å². The number of carbonyl (C=O) groups excluding carboxylic acids is 3. The van der Waals surface area contributed by atoms with Crippen molar-refractivity contribution in [3.8, 4) is 0 Å². The Morgan fingerprint density at radius 3 is 2.54 bits per heavy atom. The zero-order valence-corrected chi connectivity index (χ0v) is 17.6. The van der Waals surface area contributed by atoms with Crippen molar-refractivity contribution in [1.82, 2.24) is 10.2 Å². The Labute approximate surface area is 172 Å². The van der Waals surface area contributed by atoms with Crippen molar-refractivity contribution >= 4 is 35.8 Å². The van der Waals surface area contributed by atoms with Crippen LogP contribution in [0.3, 0.4) is 0 Å². The van der Waals surface area contributed by atoms with Crippen LogP contribution < -0.4 is 16.4 Å². The van der Waals surface area contributed by atoms with Gasteiger partial charge >= 0.3 is 0 Å². The molecule has 1 aromatic rings. The van der Waals surface area contributed by atoms with E-state index in [2.05, 4.69) is 10.6 Å². The molecule has 1 fully saturated rings. The van der Waals surface area contributed by atoms with Crippen molar-refractivity contribution in [3.63, 3.8) is 0 Å². The third kappa shape index (κ3) is 6.21. The fourth-order valence-electron chi connectivity index (χ4n) is 3.16. The minimum absolute atomic E-state index is 0. The van der Waals surface area contributed by atoms with Gasteiger partial charge in [0, 0.05) is 31.6 Å². The Kier molecular flexibility index (Phi) is 8.91. The van der Waals surface area contributed by atoms with E-state index in [-0.39, 0.29) is 36.0 Å². The Morgan fingerprint density at radius 1 is 1.21 bits per heavy atom. The van der Waals surface area contributed by atoms with E-state index in [1.54, 1.807) is 29.2 Å². The predicted molar refractivity (Wildman–Crippen MR) is 112 cm³/mol. The summed E-state index contributed by atoms with van der Waals surface area (Å²) < 4.78 is 0. The van der Waals surface area contributed by atoms with Crippen LogP contribution in [0, 0.1) is 11.3 Å². The first kappa shape index (κ1) is 23.9. The second-order valence-electron chi connectivity index (χ2n) is 7.92. The van der Waals surface area contributed by atoms with E-state index >= 15 is 0 Å². The van der Waals surface area contributed by atoms with E-state index in [0.717, 1.165) is 12.8 Å². The van der Waals surface area contributed by atoms with Gasteiger partial charge in [0.15, 0.2) is 0 Å². The number of carbonyl (C=O) groups is 3. The molecule has 1 aromatic carbocycles. The standard InChI is InChI=1S/C20H30N4O3.ClH/c1-20(2,3)19(27)24-12-6-7-14(13-24)17(25)23-16-9-5-4-8-15(16)18(26)22-11-10-21;/h4-5,8-9,14H,6-7,10-13,21H2,1-3H3,(H,22,26)(H,23,25);1H. The highest BCUT2D eigenvalue weighted by molar-refractivity contribution is 6.04. The first-order valence-electron chi connectivity index (χ1n) is 9.41. The second-order valence-corrected chi connectivity index (χ2v) is 7.92. The minimum Gasteiger partial charge on any atom is -0.351 e. The SMILES string of the molecule is CC(C)(C)C(=O)N1CCCC(C(=O)Nc2ccccc2C(=O)NCCN)C1.Cl. The monoisotopic (exact) mass is 410 g/mol. The van der Waals surface area contributed by atoms with E-state index in [9.17, 15) is 14.4 Å². The highest BCUT2D eigenvalue weighted by atomic mass is 35.5. The fraction of sp³-hybridized carbons (Fsp3) is 0.550. The molecule has 7 nitrogen and oxygen atoms in total. The molecule has 156 valence electrons. The summed E-state index contributed by atoms with van der Waals surface area (Å²) >= 11 is 0. The summed E-state index contributed by atoms with van der Waals surface area (Å²) in [5.41, 5.74) is 5.83. The second kappa shape index (κ2) is 10.4. The van der Waals surface area contributed by atoms with Gasteiger partial charge in [-0.3, -0.25) is 14.4 Å². The third-order valence-corrected chi connectivity index (χ3v) is 4.58. The zero-order chi connectivity index (χ0) is 20.0. The van der Waals surface area contributed by atoms with Crippen molar-refractivity contribution in [2.24, 2.45) is 17.1 Å². The number of rotatable bonds is 5. The Balaban J connectivity index is 0.00000392.